The van der Waals surface area contributed by atoms with Crippen LogP contribution in [0.5, 0.6) is 17.2 Å². The fourth-order valence-electron chi connectivity index (χ4n) is 3.89. The van der Waals surface area contributed by atoms with Crippen LogP contribution in [0.15, 0.2) is 54.6 Å². The Morgan fingerprint density at radius 2 is 1.69 bits per heavy atom. The van der Waals surface area contributed by atoms with Crippen molar-refractivity contribution in [2.75, 3.05) is 6.61 Å². The summed E-state index contributed by atoms with van der Waals surface area (Å²) in [5, 5.41) is 12.8. The molecule has 5 nitrogen and oxygen atoms in total. The normalized spacial score (nSPS) is 14.3. The van der Waals surface area contributed by atoms with Crippen molar-refractivity contribution < 1.29 is 53.7 Å². The van der Waals surface area contributed by atoms with Crippen LogP contribution in [0.25, 0.3) is 0 Å². The summed E-state index contributed by atoms with van der Waals surface area (Å²) in [5.41, 5.74) is 1.89. The number of Topliss-reactive ketones (excluding diaryl/α,β-unsaturated/α-hetero) is 1. The Labute approximate surface area is 240 Å². The zero-order valence-electron chi connectivity index (χ0n) is 19.0. The van der Waals surface area contributed by atoms with Crippen LogP contribution in [0.2, 0.25) is 15.1 Å². The van der Waals surface area contributed by atoms with E-state index in [1.807, 2.05) is 0 Å². The van der Waals surface area contributed by atoms with Crippen LogP contribution < -0.4 is 44.1 Å². The average molecular weight is 542 g/mol. The number of carboxylic acid groups (broad SMARTS) is 1. The van der Waals surface area contributed by atoms with Gasteiger partial charge in [-0.1, -0.05) is 40.9 Å². The van der Waals surface area contributed by atoms with Gasteiger partial charge in [0.2, 0.25) is 0 Å². The topological polar surface area (TPSA) is 75.7 Å². The first-order valence-electron chi connectivity index (χ1n) is 10.7. The van der Waals surface area contributed by atoms with Crippen LogP contribution in [0.3, 0.4) is 0 Å². The maximum atomic E-state index is 12.6. The first kappa shape index (κ1) is 27.9. The number of benzene rings is 3. The number of ether oxygens (including phenoxy) is 2. The molecule has 0 fully saturated rings. The third-order valence-electron chi connectivity index (χ3n) is 5.68. The van der Waals surface area contributed by atoms with Crippen molar-refractivity contribution in [3.63, 3.8) is 0 Å². The molecular weight excluding hydrogens is 522 g/mol. The Balaban J connectivity index is 0.00000342. The van der Waals surface area contributed by atoms with Crippen LogP contribution >= 0.6 is 34.8 Å². The van der Waals surface area contributed by atoms with Gasteiger partial charge in [-0.3, -0.25) is 4.79 Å². The second-order valence-corrected chi connectivity index (χ2v) is 9.15. The molecule has 35 heavy (non-hydrogen) atoms. The summed E-state index contributed by atoms with van der Waals surface area (Å²) >= 11 is 18.7. The minimum absolute atomic E-state index is 0. The Kier molecular flexibility index (Phi) is 9.94. The van der Waals surface area contributed by atoms with E-state index >= 15 is 0 Å². The minimum atomic E-state index is -1.16. The number of aliphatic carboxylic acids is 1. The molecule has 4 rings (SSSR count). The van der Waals surface area contributed by atoms with E-state index in [0.29, 0.717) is 64.1 Å². The molecule has 0 N–H and O–H groups in total. The average Bonchev–Trinajstić information content (AvgIpc) is 2.81. The van der Waals surface area contributed by atoms with Crippen molar-refractivity contribution in [1.82, 2.24) is 0 Å². The van der Waals surface area contributed by atoms with E-state index in [1.165, 1.54) is 6.07 Å². The molecule has 1 aliphatic rings. The Hall–Kier alpha value is -1.73. The molecule has 0 saturated carbocycles. The first-order valence-corrected chi connectivity index (χ1v) is 11.9. The summed E-state index contributed by atoms with van der Waals surface area (Å²) in [5.74, 6) is -0.712. The van der Waals surface area contributed by atoms with Gasteiger partial charge in [0.25, 0.3) is 0 Å². The van der Waals surface area contributed by atoms with Crippen molar-refractivity contribution >= 4 is 46.6 Å². The van der Waals surface area contributed by atoms with Gasteiger partial charge in [-0.2, -0.15) is 0 Å². The van der Waals surface area contributed by atoms with Crippen molar-refractivity contribution in [3.8, 4) is 17.2 Å². The minimum Gasteiger partial charge on any atom is -0.549 e. The second-order valence-electron chi connectivity index (χ2n) is 7.93. The molecule has 9 heteroatoms. The number of carboxylic acids is 1. The molecular formula is C26H20Cl3NaO5. The summed E-state index contributed by atoms with van der Waals surface area (Å²) in [6.45, 7) is 0.270. The van der Waals surface area contributed by atoms with Gasteiger partial charge in [0.05, 0.1) is 11.6 Å². The third-order valence-corrected chi connectivity index (χ3v) is 6.69. The van der Waals surface area contributed by atoms with E-state index in [2.05, 4.69) is 0 Å². The molecule has 0 bridgehead atoms. The Morgan fingerprint density at radius 1 is 1.00 bits per heavy atom. The number of hydrogen-bond acceptors (Lipinski definition) is 5. The van der Waals surface area contributed by atoms with Crippen LogP contribution in [-0.4, -0.2) is 18.4 Å². The van der Waals surface area contributed by atoms with Crippen LogP contribution in [0, 0.1) is 0 Å². The quantitative estimate of drug-likeness (QED) is 0.323. The van der Waals surface area contributed by atoms with Gasteiger partial charge in [-0.15, -0.1) is 0 Å². The fraction of sp³-hybridized carbons (Fsp3) is 0.231. The third kappa shape index (κ3) is 6.73. The second kappa shape index (κ2) is 12.5. The van der Waals surface area contributed by atoms with E-state index in [-0.39, 0.29) is 47.0 Å². The molecule has 176 valence electrons. The number of ketones is 1. The van der Waals surface area contributed by atoms with E-state index in [9.17, 15) is 14.7 Å². The van der Waals surface area contributed by atoms with Crippen LogP contribution in [0.4, 0.5) is 0 Å². The van der Waals surface area contributed by atoms with Gasteiger partial charge in [0.15, 0.2) is 5.78 Å². The number of hydrogen-bond donors (Lipinski definition) is 0. The SMILES string of the molecule is O=C(CCCc1c(Cl)cccc1Cl)c1ccc(Oc2cc3c(cc2Cl)C(C(=O)[O-])CCO3)cc1.[Na+]. The molecule has 0 saturated heterocycles. The van der Waals surface area contributed by atoms with Gasteiger partial charge in [0.1, 0.15) is 17.2 Å². The molecule has 1 atom stereocenters. The summed E-state index contributed by atoms with van der Waals surface area (Å²) in [6, 6.07) is 15.2. The molecule has 0 aliphatic carbocycles. The Morgan fingerprint density at radius 3 is 2.34 bits per heavy atom. The summed E-state index contributed by atoms with van der Waals surface area (Å²) < 4.78 is 11.4. The van der Waals surface area contributed by atoms with Crippen LogP contribution in [-0.2, 0) is 11.2 Å². The van der Waals surface area contributed by atoms with Crippen molar-refractivity contribution in [2.45, 2.75) is 31.6 Å². The molecule has 3 aromatic carbocycles. The zero-order valence-corrected chi connectivity index (χ0v) is 23.3. The fourth-order valence-corrected chi connectivity index (χ4v) is 4.69. The maximum Gasteiger partial charge on any atom is 1.00 e. The van der Waals surface area contributed by atoms with E-state index in [1.54, 1.807) is 48.5 Å². The van der Waals surface area contributed by atoms with Gasteiger partial charge in [0, 0.05) is 45.5 Å². The monoisotopic (exact) mass is 540 g/mol. The number of halogens is 3. The summed E-state index contributed by atoms with van der Waals surface area (Å²) in [7, 11) is 0. The summed E-state index contributed by atoms with van der Waals surface area (Å²) in [4.78, 5) is 24.0. The maximum absolute atomic E-state index is 12.6. The largest absolute Gasteiger partial charge is 1.00 e. The molecule has 0 amide bonds. The molecule has 0 radical (unpaired) electrons. The van der Waals surface area contributed by atoms with Gasteiger partial charge in [-0.25, -0.2) is 0 Å². The van der Waals surface area contributed by atoms with E-state index in [0.717, 1.165) is 5.56 Å². The predicted octanol–water partition coefficient (Wildman–Crippen LogP) is 3.26. The Bertz CT molecular complexity index is 1210. The number of fused-ring (bicyclic) bond motifs is 1. The van der Waals surface area contributed by atoms with Crippen molar-refractivity contribution in [2.24, 2.45) is 0 Å². The number of rotatable bonds is 8. The van der Waals surface area contributed by atoms with Crippen molar-refractivity contribution in [3.05, 3.63) is 86.4 Å². The van der Waals surface area contributed by atoms with Gasteiger partial charge in [-0.05, 0) is 67.3 Å². The first-order chi connectivity index (χ1) is 16.3. The standard InChI is InChI=1S/C26H21Cl3O5.Na/c27-20-4-2-5-21(28)18(20)3-1-6-23(30)15-7-9-16(10-8-15)34-25-14-24-19(13-22(25)29)17(26(31)32)11-12-33-24;/h2,4-5,7-10,13-14,17H,1,3,6,11-12H2,(H,31,32);/q;+1/p-1. The number of carbonyl (C=O) groups is 2. The van der Waals surface area contributed by atoms with Gasteiger partial charge < -0.3 is 19.4 Å². The summed E-state index contributed by atoms with van der Waals surface area (Å²) in [6.07, 6.45) is 1.92. The predicted molar refractivity (Wildman–Crippen MR) is 130 cm³/mol. The van der Waals surface area contributed by atoms with E-state index < -0.39 is 11.9 Å². The molecule has 1 heterocycles. The molecule has 1 aliphatic heterocycles. The molecule has 1 unspecified atom stereocenters. The van der Waals surface area contributed by atoms with Crippen LogP contribution in [0.1, 0.15) is 46.7 Å². The van der Waals surface area contributed by atoms with E-state index in [4.69, 9.17) is 44.3 Å². The zero-order chi connectivity index (χ0) is 24.2. The number of carbonyl (C=O) groups excluding carboxylic acids is 2. The molecule has 0 aromatic heterocycles. The molecule has 0 spiro atoms. The van der Waals surface area contributed by atoms with Crippen molar-refractivity contribution in [1.29, 1.82) is 0 Å². The molecule has 3 aromatic rings. The van der Waals surface area contributed by atoms with Gasteiger partial charge >= 0.3 is 29.6 Å². The smallest absolute Gasteiger partial charge is 0.549 e.